The number of sulfonamides is 1. The number of hydrogen-bond donors (Lipinski definition) is 1. The number of primary sulfonamides is 1. The molecule has 0 fully saturated rings. The zero-order valence-corrected chi connectivity index (χ0v) is 33.3. The lowest BCUT2D eigenvalue weighted by Gasteiger charge is -2.19. The van der Waals surface area contributed by atoms with Gasteiger partial charge in [0.25, 0.3) is 0 Å². The first-order chi connectivity index (χ1) is 24.0. The van der Waals surface area contributed by atoms with Gasteiger partial charge in [-0.2, -0.15) is 0 Å². The lowest BCUT2D eigenvalue weighted by atomic mass is 10.1. The van der Waals surface area contributed by atoms with Gasteiger partial charge in [0, 0.05) is 0 Å². The number of hydrogen-bond acceptors (Lipinski definition) is 5. The highest BCUT2D eigenvalue weighted by Crippen LogP contribution is 2.42. The lowest BCUT2D eigenvalue weighted by molar-refractivity contribution is 0.230. The summed E-state index contributed by atoms with van der Waals surface area (Å²) in [6.45, 7) is 8.26. The zero-order valence-electron chi connectivity index (χ0n) is 32.5. The summed E-state index contributed by atoms with van der Waals surface area (Å²) in [4.78, 5) is -0.0241. The highest BCUT2D eigenvalue weighted by atomic mass is 32.2. The summed E-state index contributed by atoms with van der Waals surface area (Å²) < 4.78 is 44.0. The van der Waals surface area contributed by atoms with Crippen LogP contribution >= 0.6 is 0 Å². The third-order valence-corrected chi connectivity index (χ3v) is 10.5. The monoisotopic (exact) mass is 710 g/mol. The molecule has 49 heavy (non-hydrogen) atoms. The fourth-order valence-corrected chi connectivity index (χ4v) is 7.10. The van der Waals surface area contributed by atoms with Gasteiger partial charge >= 0.3 is 0 Å². The molecule has 6 nitrogen and oxygen atoms in total. The minimum Gasteiger partial charge on any atom is -0.490 e. The minimum absolute atomic E-state index is 0.0241. The Balaban J connectivity index is 2.70. The molecule has 0 aliphatic rings. The lowest BCUT2D eigenvalue weighted by Crippen LogP contribution is -2.16. The average molecular weight is 710 g/mol. The normalized spacial score (nSPS) is 11.7. The predicted molar refractivity (Wildman–Crippen MR) is 210 cm³/mol. The van der Waals surface area contributed by atoms with Crippen LogP contribution in [0.25, 0.3) is 0 Å². The van der Waals surface area contributed by atoms with E-state index in [4.69, 9.17) is 19.3 Å². The van der Waals surface area contributed by atoms with Gasteiger partial charge in [0.05, 0.1) is 19.8 Å². The molecule has 0 unspecified atom stereocenters. The third kappa shape index (κ3) is 25.2. The molecule has 0 bridgehead atoms. The molecule has 288 valence electrons. The standard InChI is InChI=1S/C42H79NO5S/c1-4-7-10-13-16-19-22-25-28-31-36-46-39-34-35-40(49(43,44)45)42(48-38-33-30-27-24-21-18-15-12-9-6-3)41(39)47-37-32-29-26-23-20-17-14-11-8-5-2/h34-35H,4-33,36-38H2,1-3H3,(H2,43,44,45). The summed E-state index contributed by atoms with van der Waals surface area (Å²) in [7, 11) is -4.00. The molecule has 7 heteroatoms. The SMILES string of the molecule is CCCCCCCCCCCCOc1ccc(S(N)(=O)=O)c(OCCCCCCCCCCCC)c1OCCCCCCCCCCCC. The van der Waals surface area contributed by atoms with Gasteiger partial charge in [-0.3, -0.25) is 0 Å². The van der Waals surface area contributed by atoms with Gasteiger partial charge in [-0.15, -0.1) is 0 Å². The van der Waals surface area contributed by atoms with Gasteiger partial charge in [-0.1, -0.05) is 194 Å². The summed E-state index contributed by atoms with van der Waals surface area (Å²) in [5.41, 5.74) is 0. The molecule has 0 aromatic heterocycles. The largest absolute Gasteiger partial charge is 0.490 e. The quantitative estimate of drug-likeness (QED) is 0.0695. The van der Waals surface area contributed by atoms with E-state index in [-0.39, 0.29) is 10.6 Å². The molecular weight excluding hydrogens is 631 g/mol. The van der Waals surface area contributed by atoms with Crippen LogP contribution in [-0.4, -0.2) is 28.2 Å². The summed E-state index contributed by atoms with van der Waals surface area (Å²) in [6, 6.07) is 3.21. The second-order valence-electron chi connectivity index (χ2n) is 14.4. The topological polar surface area (TPSA) is 87.9 Å². The second-order valence-corrected chi connectivity index (χ2v) is 15.9. The van der Waals surface area contributed by atoms with E-state index in [1.54, 1.807) is 6.07 Å². The van der Waals surface area contributed by atoms with Crippen molar-refractivity contribution in [1.29, 1.82) is 0 Å². The fourth-order valence-electron chi connectivity index (χ4n) is 6.44. The van der Waals surface area contributed by atoms with Gasteiger partial charge in [0.1, 0.15) is 4.90 Å². The second kappa shape index (κ2) is 32.4. The highest BCUT2D eigenvalue weighted by molar-refractivity contribution is 7.89. The summed E-state index contributed by atoms with van der Waals surface area (Å²) in [5, 5.41) is 5.68. The molecular formula is C42H79NO5S. The first-order valence-corrected chi connectivity index (χ1v) is 22.6. The first-order valence-electron chi connectivity index (χ1n) is 21.0. The van der Waals surface area contributed by atoms with Crippen molar-refractivity contribution in [2.75, 3.05) is 19.8 Å². The van der Waals surface area contributed by atoms with E-state index in [0.717, 1.165) is 38.5 Å². The van der Waals surface area contributed by atoms with Crippen LogP contribution in [-0.2, 0) is 10.0 Å². The number of rotatable bonds is 37. The van der Waals surface area contributed by atoms with E-state index in [2.05, 4.69) is 20.8 Å². The van der Waals surface area contributed by atoms with E-state index >= 15 is 0 Å². The average Bonchev–Trinajstić information content (AvgIpc) is 3.08. The molecule has 0 aliphatic carbocycles. The van der Waals surface area contributed by atoms with Crippen LogP contribution in [0.2, 0.25) is 0 Å². The Morgan fingerprint density at radius 1 is 0.408 bits per heavy atom. The van der Waals surface area contributed by atoms with E-state index < -0.39 is 10.0 Å². The van der Waals surface area contributed by atoms with Crippen molar-refractivity contribution < 1.29 is 22.6 Å². The van der Waals surface area contributed by atoms with Crippen LogP contribution in [0.1, 0.15) is 213 Å². The highest BCUT2D eigenvalue weighted by Gasteiger charge is 2.24. The Morgan fingerprint density at radius 2 is 0.694 bits per heavy atom. The maximum absolute atomic E-state index is 12.6. The van der Waals surface area contributed by atoms with Gasteiger partial charge in [0.15, 0.2) is 11.5 Å². The van der Waals surface area contributed by atoms with Gasteiger partial charge < -0.3 is 14.2 Å². The molecule has 0 saturated carbocycles. The zero-order chi connectivity index (χ0) is 35.7. The van der Waals surface area contributed by atoms with Crippen LogP contribution in [0.15, 0.2) is 17.0 Å². The maximum atomic E-state index is 12.6. The first kappa shape index (κ1) is 45.6. The number of nitrogens with two attached hydrogens (primary N) is 1. The number of unbranched alkanes of at least 4 members (excludes halogenated alkanes) is 27. The maximum Gasteiger partial charge on any atom is 0.241 e. The van der Waals surface area contributed by atoms with E-state index in [0.29, 0.717) is 31.3 Å². The van der Waals surface area contributed by atoms with Gasteiger partial charge in [0.2, 0.25) is 15.8 Å². The molecule has 2 N–H and O–H groups in total. The van der Waals surface area contributed by atoms with E-state index in [1.165, 1.54) is 160 Å². The predicted octanol–water partition coefficient (Wildman–Crippen LogP) is 13.2. The molecule has 0 amide bonds. The molecule has 0 atom stereocenters. The Labute approximate surface area is 304 Å². The van der Waals surface area contributed by atoms with Gasteiger partial charge in [-0.05, 0) is 31.4 Å². The molecule has 0 aliphatic heterocycles. The van der Waals surface area contributed by atoms with E-state index in [1.807, 2.05) is 0 Å². The molecule has 0 radical (unpaired) electrons. The van der Waals surface area contributed by atoms with Crippen molar-refractivity contribution in [3.63, 3.8) is 0 Å². The van der Waals surface area contributed by atoms with Crippen LogP contribution < -0.4 is 19.3 Å². The Kier molecular flexibility index (Phi) is 30.2. The van der Waals surface area contributed by atoms with Crippen molar-refractivity contribution in [2.45, 2.75) is 218 Å². The minimum atomic E-state index is -4.00. The van der Waals surface area contributed by atoms with Crippen molar-refractivity contribution in [2.24, 2.45) is 5.14 Å². The Hall–Kier alpha value is -1.47. The third-order valence-electron chi connectivity index (χ3n) is 9.59. The number of benzene rings is 1. The molecule has 0 spiro atoms. The van der Waals surface area contributed by atoms with Gasteiger partial charge in [-0.25, -0.2) is 13.6 Å². The van der Waals surface area contributed by atoms with Crippen LogP contribution in [0.3, 0.4) is 0 Å². The summed E-state index contributed by atoms with van der Waals surface area (Å²) >= 11 is 0. The number of ether oxygens (including phenoxy) is 3. The van der Waals surface area contributed by atoms with E-state index in [9.17, 15) is 8.42 Å². The molecule has 1 rings (SSSR count). The molecule has 0 heterocycles. The summed E-state index contributed by atoms with van der Waals surface area (Å²) in [5.74, 6) is 1.15. The Morgan fingerprint density at radius 3 is 1.02 bits per heavy atom. The van der Waals surface area contributed by atoms with Crippen LogP contribution in [0, 0.1) is 0 Å². The van der Waals surface area contributed by atoms with Crippen molar-refractivity contribution >= 4 is 10.0 Å². The Bertz CT molecular complexity index is 984. The van der Waals surface area contributed by atoms with Crippen molar-refractivity contribution in [3.8, 4) is 17.2 Å². The molecule has 1 aromatic carbocycles. The smallest absolute Gasteiger partial charge is 0.241 e. The van der Waals surface area contributed by atoms with Crippen LogP contribution in [0.4, 0.5) is 0 Å². The van der Waals surface area contributed by atoms with Crippen LogP contribution in [0.5, 0.6) is 17.2 Å². The fraction of sp³-hybridized carbons (Fsp3) is 0.857. The van der Waals surface area contributed by atoms with Crippen molar-refractivity contribution in [1.82, 2.24) is 0 Å². The van der Waals surface area contributed by atoms with Crippen molar-refractivity contribution in [3.05, 3.63) is 12.1 Å². The molecule has 1 aromatic rings. The molecule has 0 saturated heterocycles. The summed E-state index contributed by atoms with van der Waals surface area (Å²) in [6.07, 6.45) is 37.3.